The highest BCUT2D eigenvalue weighted by molar-refractivity contribution is 9.10. The van der Waals surface area contributed by atoms with E-state index in [1.54, 1.807) is 6.07 Å². The zero-order valence-corrected chi connectivity index (χ0v) is 8.80. The maximum atomic E-state index is 12.3. The normalized spacial score (nSPS) is 12.0. The van der Waals surface area contributed by atoms with Crippen molar-refractivity contribution in [2.75, 3.05) is 0 Å². The highest BCUT2D eigenvalue weighted by Gasteiger charge is 2.31. The summed E-state index contributed by atoms with van der Waals surface area (Å²) >= 11 is 3.12. The fourth-order valence-electron chi connectivity index (χ4n) is 1.14. The Labute approximate surface area is 91.3 Å². The lowest BCUT2D eigenvalue weighted by Crippen LogP contribution is -2.05. The number of fused-ring (bicyclic) bond motifs is 1. The Bertz CT molecular complexity index is 510. The highest BCUT2D eigenvalue weighted by atomic mass is 79.9. The van der Waals surface area contributed by atoms with Crippen LogP contribution in [0.2, 0.25) is 0 Å². The molecular formula is C9H4BrF3N2. The molecule has 0 aromatic carbocycles. The van der Waals surface area contributed by atoms with E-state index in [4.69, 9.17) is 0 Å². The summed E-state index contributed by atoms with van der Waals surface area (Å²) in [7, 11) is 0. The van der Waals surface area contributed by atoms with Gasteiger partial charge in [-0.2, -0.15) is 13.2 Å². The smallest absolute Gasteiger partial charge is 0.236 e. The summed E-state index contributed by atoms with van der Waals surface area (Å²) in [6, 6.07) is 4.14. The van der Waals surface area contributed by atoms with Gasteiger partial charge in [0.1, 0.15) is 4.60 Å². The van der Waals surface area contributed by atoms with E-state index in [2.05, 4.69) is 25.9 Å². The fourth-order valence-corrected chi connectivity index (χ4v) is 1.44. The molecule has 0 aliphatic heterocycles. The summed E-state index contributed by atoms with van der Waals surface area (Å²) in [4.78, 5) is 7.58. The van der Waals surface area contributed by atoms with E-state index in [9.17, 15) is 13.2 Å². The van der Waals surface area contributed by atoms with Gasteiger partial charge in [0.2, 0.25) is 0 Å². The van der Waals surface area contributed by atoms with Gasteiger partial charge < -0.3 is 0 Å². The molecule has 0 atom stereocenters. The first-order valence-electron chi connectivity index (χ1n) is 3.96. The SMILES string of the molecule is FC(F)(F)c1cnc2nc(Br)ccc2c1. The van der Waals surface area contributed by atoms with Crippen LogP contribution < -0.4 is 0 Å². The molecule has 2 aromatic heterocycles. The number of aromatic nitrogens is 2. The minimum absolute atomic E-state index is 0.289. The number of rotatable bonds is 0. The Morgan fingerprint density at radius 2 is 1.93 bits per heavy atom. The van der Waals surface area contributed by atoms with E-state index in [0.29, 0.717) is 9.99 Å². The van der Waals surface area contributed by atoms with Gasteiger partial charge in [0.25, 0.3) is 0 Å². The minimum atomic E-state index is -4.37. The van der Waals surface area contributed by atoms with Crippen LogP contribution in [0.1, 0.15) is 5.56 Å². The minimum Gasteiger partial charge on any atom is -0.236 e. The molecule has 0 spiro atoms. The van der Waals surface area contributed by atoms with Crippen molar-refractivity contribution < 1.29 is 13.2 Å². The Balaban J connectivity index is 2.62. The highest BCUT2D eigenvalue weighted by Crippen LogP contribution is 2.30. The Hall–Kier alpha value is -1.17. The second-order valence-electron chi connectivity index (χ2n) is 2.90. The van der Waals surface area contributed by atoms with E-state index in [-0.39, 0.29) is 5.65 Å². The van der Waals surface area contributed by atoms with Crippen molar-refractivity contribution in [3.63, 3.8) is 0 Å². The summed E-state index contributed by atoms with van der Waals surface area (Å²) < 4.78 is 37.5. The van der Waals surface area contributed by atoms with Gasteiger partial charge in [0.05, 0.1) is 5.56 Å². The topological polar surface area (TPSA) is 25.8 Å². The molecule has 6 heteroatoms. The number of nitrogens with zero attached hydrogens (tertiary/aromatic N) is 2. The Morgan fingerprint density at radius 3 is 2.60 bits per heavy atom. The molecule has 2 nitrogen and oxygen atoms in total. The third-order valence-corrected chi connectivity index (χ3v) is 2.28. The largest absolute Gasteiger partial charge is 0.417 e. The lowest BCUT2D eigenvalue weighted by Gasteiger charge is -2.06. The van der Waals surface area contributed by atoms with Crippen molar-refractivity contribution in [2.45, 2.75) is 6.18 Å². The van der Waals surface area contributed by atoms with Crippen molar-refractivity contribution in [2.24, 2.45) is 0 Å². The predicted octanol–water partition coefficient (Wildman–Crippen LogP) is 3.41. The maximum Gasteiger partial charge on any atom is 0.417 e. The van der Waals surface area contributed by atoms with Crippen LogP contribution in [0.5, 0.6) is 0 Å². The van der Waals surface area contributed by atoms with Crippen LogP contribution in [0.15, 0.2) is 29.0 Å². The average molecular weight is 277 g/mol. The van der Waals surface area contributed by atoms with Crippen LogP contribution >= 0.6 is 15.9 Å². The van der Waals surface area contributed by atoms with Gasteiger partial charge in [0, 0.05) is 11.6 Å². The molecule has 0 N–H and O–H groups in total. The van der Waals surface area contributed by atoms with Gasteiger partial charge in [-0.1, -0.05) is 0 Å². The summed E-state index contributed by atoms with van der Waals surface area (Å²) in [6.45, 7) is 0. The summed E-state index contributed by atoms with van der Waals surface area (Å²) in [5.41, 5.74) is -0.475. The van der Waals surface area contributed by atoms with Crippen LogP contribution in [-0.2, 0) is 6.18 Å². The number of alkyl halides is 3. The van der Waals surface area contributed by atoms with Gasteiger partial charge in [-0.05, 0) is 34.1 Å². The molecule has 0 saturated heterocycles. The van der Waals surface area contributed by atoms with E-state index < -0.39 is 11.7 Å². The third-order valence-electron chi connectivity index (χ3n) is 1.84. The van der Waals surface area contributed by atoms with Crippen molar-refractivity contribution in [1.29, 1.82) is 0 Å². The average Bonchev–Trinajstić information content (AvgIpc) is 2.15. The first-order valence-corrected chi connectivity index (χ1v) is 4.75. The Morgan fingerprint density at radius 1 is 1.20 bits per heavy atom. The summed E-state index contributed by atoms with van der Waals surface area (Å²) in [6.07, 6.45) is -3.59. The predicted molar refractivity (Wildman–Crippen MR) is 52.2 cm³/mol. The van der Waals surface area contributed by atoms with Gasteiger partial charge in [0.15, 0.2) is 5.65 Å². The molecule has 78 valence electrons. The first-order chi connectivity index (χ1) is 6.97. The fraction of sp³-hybridized carbons (Fsp3) is 0.111. The molecule has 0 fully saturated rings. The Kier molecular flexibility index (Phi) is 2.38. The number of hydrogen-bond acceptors (Lipinski definition) is 2. The number of hydrogen-bond donors (Lipinski definition) is 0. The molecule has 0 radical (unpaired) electrons. The van der Waals surface area contributed by atoms with Gasteiger partial charge >= 0.3 is 6.18 Å². The van der Waals surface area contributed by atoms with Gasteiger partial charge in [-0.15, -0.1) is 0 Å². The van der Waals surface area contributed by atoms with Crippen LogP contribution in [0.4, 0.5) is 13.2 Å². The molecule has 2 rings (SSSR count). The van der Waals surface area contributed by atoms with Crippen molar-refractivity contribution in [3.8, 4) is 0 Å². The molecule has 0 aliphatic rings. The van der Waals surface area contributed by atoms with Gasteiger partial charge in [-0.3, -0.25) is 0 Å². The molecule has 2 heterocycles. The quantitative estimate of drug-likeness (QED) is 0.689. The molecule has 0 aliphatic carbocycles. The van der Waals surface area contributed by atoms with Crippen molar-refractivity contribution in [3.05, 3.63) is 34.6 Å². The van der Waals surface area contributed by atoms with Crippen molar-refractivity contribution >= 4 is 27.0 Å². The molecular weight excluding hydrogens is 273 g/mol. The maximum absolute atomic E-state index is 12.3. The van der Waals surface area contributed by atoms with Crippen molar-refractivity contribution in [1.82, 2.24) is 9.97 Å². The lowest BCUT2D eigenvalue weighted by atomic mass is 10.2. The van der Waals surface area contributed by atoms with E-state index in [0.717, 1.165) is 12.3 Å². The third kappa shape index (κ3) is 2.09. The molecule has 0 amide bonds. The van der Waals surface area contributed by atoms with Crippen LogP contribution in [0, 0.1) is 0 Å². The van der Waals surface area contributed by atoms with Crippen LogP contribution in [0.25, 0.3) is 11.0 Å². The summed E-state index contributed by atoms with van der Waals surface area (Å²) in [5.74, 6) is 0. The molecule has 15 heavy (non-hydrogen) atoms. The lowest BCUT2D eigenvalue weighted by molar-refractivity contribution is -0.137. The molecule has 0 saturated carbocycles. The zero-order chi connectivity index (χ0) is 11.1. The van der Waals surface area contributed by atoms with E-state index >= 15 is 0 Å². The summed E-state index contributed by atoms with van der Waals surface area (Å²) in [5, 5.41) is 0.369. The van der Waals surface area contributed by atoms with Crippen LogP contribution in [-0.4, -0.2) is 9.97 Å². The van der Waals surface area contributed by atoms with Gasteiger partial charge in [-0.25, -0.2) is 9.97 Å². The monoisotopic (exact) mass is 276 g/mol. The van der Waals surface area contributed by atoms with Crippen LogP contribution in [0.3, 0.4) is 0 Å². The second-order valence-corrected chi connectivity index (χ2v) is 3.71. The van der Waals surface area contributed by atoms with E-state index in [1.807, 2.05) is 0 Å². The molecule has 2 aromatic rings. The first kappa shape index (κ1) is 10.4. The molecule has 0 bridgehead atoms. The number of halogens is 4. The second kappa shape index (κ2) is 3.44. The van der Waals surface area contributed by atoms with E-state index in [1.165, 1.54) is 6.07 Å². The number of pyridine rings is 2. The molecule has 0 unspecified atom stereocenters. The standard InChI is InChI=1S/C9H4BrF3N2/c10-7-2-1-5-3-6(9(11,12)13)4-14-8(5)15-7/h1-4H. The zero-order valence-electron chi connectivity index (χ0n) is 7.22.